The van der Waals surface area contributed by atoms with E-state index in [2.05, 4.69) is 4.90 Å². The first-order valence-corrected chi connectivity index (χ1v) is 7.98. The van der Waals surface area contributed by atoms with E-state index in [1.807, 2.05) is 24.3 Å². The number of hydrogen-bond donors (Lipinski definition) is 2. The van der Waals surface area contributed by atoms with E-state index in [1.54, 1.807) is 18.4 Å². The van der Waals surface area contributed by atoms with Gasteiger partial charge in [0.05, 0.1) is 26.1 Å². The summed E-state index contributed by atoms with van der Waals surface area (Å²) in [6, 6.07) is 11.7. The molecule has 0 saturated carbocycles. The summed E-state index contributed by atoms with van der Waals surface area (Å²) in [5.74, 6) is 0.600. The highest BCUT2D eigenvalue weighted by Gasteiger charge is 2.26. The fraction of sp³-hybridized carbons (Fsp3) is 0.444. The molecule has 1 fully saturated rings. The topological polar surface area (TPSA) is 66.1 Å². The molecular formula is C18H23NO4. The van der Waals surface area contributed by atoms with Crippen LogP contribution in [0, 0.1) is 0 Å². The molecule has 3 rings (SSSR count). The number of ether oxygens (including phenoxy) is 1. The summed E-state index contributed by atoms with van der Waals surface area (Å²) in [6.07, 6.45) is 1.55. The van der Waals surface area contributed by atoms with Gasteiger partial charge in [0.1, 0.15) is 11.9 Å². The van der Waals surface area contributed by atoms with Crippen LogP contribution in [0.4, 0.5) is 0 Å². The van der Waals surface area contributed by atoms with Crippen LogP contribution >= 0.6 is 0 Å². The summed E-state index contributed by atoms with van der Waals surface area (Å²) >= 11 is 0. The normalized spacial score (nSPS) is 20.5. The molecule has 0 amide bonds. The lowest BCUT2D eigenvalue weighted by Gasteiger charge is -2.36. The summed E-state index contributed by atoms with van der Waals surface area (Å²) in [4.78, 5) is 2.34. The van der Waals surface area contributed by atoms with Crippen molar-refractivity contribution in [3.05, 3.63) is 59.5 Å². The van der Waals surface area contributed by atoms with Crippen LogP contribution in [-0.4, -0.2) is 40.9 Å². The highest BCUT2D eigenvalue weighted by atomic mass is 16.5. The van der Waals surface area contributed by atoms with Gasteiger partial charge in [0, 0.05) is 19.1 Å². The molecule has 1 aliphatic heterocycles. The standard InChI is InChI=1S/C18H23NO4/c20-12-15-5-3-14(4-6-15)11-19-7-9-22-13-16(19)10-17(21)18-2-1-8-23-18/h1-6,8,16-17,20-21H,7,9-13H2. The van der Waals surface area contributed by atoms with Crippen molar-refractivity contribution >= 4 is 0 Å². The van der Waals surface area contributed by atoms with Gasteiger partial charge < -0.3 is 19.4 Å². The predicted octanol–water partition coefficient (Wildman–Crippen LogP) is 2.10. The largest absolute Gasteiger partial charge is 0.467 e. The SMILES string of the molecule is OCc1ccc(CN2CCOCC2CC(O)c2ccco2)cc1. The second-order valence-corrected chi connectivity index (χ2v) is 5.94. The maximum atomic E-state index is 10.3. The number of furan rings is 1. The van der Waals surface area contributed by atoms with Crippen LogP contribution < -0.4 is 0 Å². The third-order valence-corrected chi connectivity index (χ3v) is 4.31. The minimum absolute atomic E-state index is 0.0653. The lowest BCUT2D eigenvalue weighted by atomic mass is 10.0. The summed E-state index contributed by atoms with van der Waals surface area (Å²) in [5, 5.41) is 19.4. The van der Waals surface area contributed by atoms with Crippen LogP contribution in [0.15, 0.2) is 47.1 Å². The average molecular weight is 317 g/mol. The van der Waals surface area contributed by atoms with E-state index < -0.39 is 6.10 Å². The van der Waals surface area contributed by atoms with Crippen molar-refractivity contribution in [2.45, 2.75) is 31.7 Å². The number of rotatable bonds is 6. The molecule has 2 atom stereocenters. The Hall–Kier alpha value is -1.66. The van der Waals surface area contributed by atoms with E-state index in [0.717, 1.165) is 18.7 Å². The quantitative estimate of drug-likeness (QED) is 0.854. The van der Waals surface area contributed by atoms with E-state index in [-0.39, 0.29) is 12.6 Å². The Morgan fingerprint density at radius 2 is 1.96 bits per heavy atom. The minimum Gasteiger partial charge on any atom is -0.467 e. The first kappa shape index (κ1) is 16.2. The molecule has 2 aromatic rings. The zero-order valence-corrected chi connectivity index (χ0v) is 13.1. The van der Waals surface area contributed by atoms with Crippen LogP contribution in [-0.2, 0) is 17.9 Å². The van der Waals surface area contributed by atoms with E-state index in [1.165, 1.54) is 5.56 Å². The number of benzene rings is 1. The van der Waals surface area contributed by atoms with E-state index >= 15 is 0 Å². The fourth-order valence-corrected chi connectivity index (χ4v) is 2.95. The Morgan fingerprint density at radius 3 is 2.65 bits per heavy atom. The molecule has 1 aromatic heterocycles. The van der Waals surface area contributed by atoms with Gasteiger partial charge in [0.2, 0.25) is 0 Å². The van der Waals surface area contributed by atoms with Gasteiger partial charge in [-0.1, -0.05) is 24.3 Å². The zero-order valence-electron chi connectivity index (χ0n) is 13.1. The number of aliphatic hydroxyl groups excluding tert-OH is 2. The van der Waals surface area contributed by atoms with Crippen LogP contribution in [0.5, 0.6) is 0 Å². The molecule has 2 heterocycles. The molecule has 23 heavy (non-hydrogen) atoms. The number of morpholine rings is 1. The van der Waals surface area contributed by atoms with Crippen molar-refractivity contribution in [1.29, 1.82) is 0 Å². The number of aliphatic hydroxyl groups is 2. The fourth-order valence-electron chi connectivity index (χ4n) is 2.95. The van der Waals surface area contributed by atoms with Gasteiger partial charge in [0.15, 0.2) is 0 Å². The Labute approximate surface area is 136 Å². The summed E-state index contributed by atoms with van der Waals surface area (Å²) in [7, 11) is 0. The molecule has 0 aliphatic carbocycles. The van der Waals surface area contributed by atoms with Crippen molar-refractivity contribution in [2.75, 3.05) is 19.8 Å². The van der Waals surface area contributed by atoms with Gasteiger partial charge in [-0.15, -0.1) is 0 Å². The average Bonchev–Trinajstić information content (AvgIpc) is 3.12. The van der Waals surface area contributed by atoms with Gasteiger partial charge in [-0.25, -0.2) is 0 Å². The molecule has 124 valence electrons. The van der Waals surface area contributed by atoms with Gasteiger partial charge in [-0.05, 0) is 29.7 Å². The van der Waals surface area contributed by atoms with Crippen molar-refractivity contribution < 1.29 is 19.4 Å². The second-order valence-electron chi connectivity index (χ2n) is 5.94. The summed E-state index contributed by atoms with van der Waals surface area (Å²) in [6.45, 7) is 3.05. The number of nitrogens with zero attached hydrogens (tertiary/aromatic N) is 1. The van der Waals surface area contributed by atoms with E-state index in [0.29, 0.717) is 25.4 Å². The Kier molecular flexibility index (Phi) is 5.46. The highest BCUT2D eigenvalue weighted by Crippen LogP contribution is 2.24. The van der Waals surface area contributed by atoms with Crippen molar-refractivity contribution in [2.24, 2.45) is 0 Å². The van der Waals surface area contributed by atoms with Crippen molar-refractivity contribution in [3.8, 4) is 0 Å². The first-order valence-electron chi connectivity index (χ1n) is 7.98. The van der Waals surface area contributed by atoms with Crippen LogP contribution in [0.2, 0.25) is 0 Å². The third-order valence-electron chi connectivity index (χ3n) is 4.31. The van der Waals surface area contributed by atoms with Crippen molar-refractivity contribution in [3.63, 3.8) is 0 Å². The predicted molar refractivity (Wildman–Crippen MR) is 85.7 cm³/mol. The van der Waals surface area contributed by atoms with Gasteiger partial charge >= 0.3 is 0 Å². The molecule has 0 bridgehead atoms. The summed E-state index contributed by atoms with van der Waals surface area (Å²) < 4.78 is 10.9. The summed E-state index contributed by atoms with van der Waals surface area (Å²) in [5.41, 5.74) is 2.11. The molecular weight excluding hydrogens is 294 g/mol. The second kappa shape index (κ2) is 7.75. The Bertz CT molecular complexity index is 582. The first-order chi connectivity index (χ1) is 11.3. The molecule has 2 unspecified atom stereocenters. The van der Waals surface area contributed by atoms with Crippen LogP contribution in [0.3, 0.4) is 0 Å². The van der Waals surface area contributed by atoms with Crippen LogP contribution in [0.25, 0.3) is 0 Å². The van der Waals surface area contributed by atoms with Gasteiger partial charge in [-0.3, -0.25) is 4.90 Å². The van der Waals surface area contributed by atoms with E-state index in [4.69, 9.17) is 14.3 Å². The molecule has 1 saturated heterocycles. The maximum absolute atomic E-state index is 10.3. The smallest absolute Gasteiger partial charge is 0.132 e. The number of hydrogen-bond acceptors (Lipinski definition) is 5. The van der Waals surface area contributed by atoms with E-state index in [9.17, 15) is 5.11 Å². The zero-order chi connectivity index (χ0) is 16.1. The molecule has 1 aliphatic rings. The maximum Gasteiger partial charge on any atom is 0.132 e. The Balaban J connectivity index is 1.63. The lowest BCUT2D eigenvalue weighted by Crippen LogP contribution is -2.45. The van der Waals surface area contributed by atoms with Gasteiger partial charge in [-0.2, -0.15) is 0 Å². The lowest BCUT2D eigenvalue weighted by molar-refractivity contribution is -0.0323. The molecule has 5 heteroatoms. The Morgan fingerprint density at radius 1 is 1.17 bits per heavy atom. The molecule has 0 radical (unpaired) electrons. The molecule has 0 spiro atoms. The minimum atomic E-state index is -0.615. The monoisotopic (exact) mass is 317 g/mol. The van der Waals surface area contributed by atoms with Crippen LogP contribution in [0.1, 0.15) is 29.4 Å². The molecule has 1 aromatic carbocycles. The third kappa shape index (κ3) is 4.20. The molecule has 5 nitrogen and oxygen atoms in total. The highest BCUT2D eigenvalue weighted by molar-refractivity contribution is 5.22. The van der Waals surface area contributed by atoms with Crippen molar-refractivity contribution in [1.82, 2.24) is 4.90 Å². The van der Waals surface area contributed by atoms with Gasteiger partial charge in [0.25, 0.3) is 0 Å². The molecule has 2 N–H and O–H groups in total.